The molecule has 29 heavy (non-hydrogen) atoms. The molecule has 0 aliphatic heterocycles. The lowest BCUT2D eigenvalue weighted by molar-refractivity contribution is -0.152. The molecule has 0 saturated heterocycles. The summed E-state index contributed by atoms with van der Waals surface area (Å²) < 4.78 is 5.78. The predicted octanol–water partition coefficient (Wildman–Crippen LogP) is 0.759. The van der Waals surface area contributed by atoms with Crippen molar-refractivity contribution in [3.05, 3.63) is 62.7 Å². The summed E-state index contributed by atoms with van der Waals surface area (Å²) in [4.78, 5) is 49.9. The van der Waals surface area contributed by atoms with Crippen LogP contribution in [0.1, 0.15) is 16.1 Å². The first-order chi connectivity index (χ1) is 13.9. The molecule has 9 nitrogen and oxygen atoms in total. The van der Waals surface area contributed by atoms with E-state index in [1.807, 2.05) is 16.8 Å². The number of esters is 1. The molecule has 0 aliphatic carbocycles. The summed E-state index contributed by atoms with van der Waals surface area (Å²) in [7, 11) is 1.60. The molecule has 0 aliphatic rings. The number of amides is 2. The zero-order valence-electron chi connectivity index (χ0n) is 15.5. The van der Waals surface area contributed by atoms with Gasteiger partial charge in [-0.2, -0.15) is 16.4 Å². The first-order valence-electron chi connectivity index (χ1n) is 8.57. The molecule has 2 heterocycles. The van der Waals surface area contributed by atoms with E-state index < -0.39 is 30.6 Å². The third-order valence-electron chi connectivity index (χ3n) is 4.16. The van der Waals surface area contributed by atoms with E-state index in [1.54, 1.807) is 25.2 Å². The number of nitrogens with zero attached hydrogens (tertiary/aromatic N) is 3. The van der Waals surface area contributed by atoms with Gasteiger partial charge in [-0.1, -0.05) is 18.2 Å². The fourth-order valence-corrected chi connectivity index (χ4v) is 3.35. The van der Waals surface area contributed by atoms with Gasteiger partial charge in [-0.25, -0.2) is 4.68 Å². The van der Waals surface area contributed by atoms with E-state index in [2.05, 4.69) is 5.10 Å². The smallest absolute Gasteiger partial charge is 0.328 e. The van der Waals surface area contributed by atoms with Crippen LogP contribution in [-0.4, -0.2) is 46.1 Å². The van der Waals surface area contributed by atoms with Crippen LogP contribution in [0.25, 0.3) is 10.8 Å². The average Bonchev–Trinajstić information content (AvgIpc) is 3.21. The van der Waals surface area contributed by atoms with E-state index in [0.29, 0.717) is 11.9 Å². The topological polar surface area (TPSA) is 125 Å². The highest BCUT2D eigenvalue weighted by Gasteiger charge is 2.18. The molecule has 2 N–H and O–H groups in total. The molecule has 10 heteroatoms. The van der Waals surface area contributed by atoms with E-state index >= 15 is 0 Å². The lowest BCUT2D eigenvalue weighted by atomic mass is 10.1. The summed E-state index contributed by atoms with van der Waals surface area (Å²) in [5, 5.41) is 8.22. The highest BCUT2D eigenvalue weighted by molar-refractivity contribution is 7.07. The van der Waals surface area contributed by atoms with E-state index in [-0.39, 0.29) is 17.0 Å². The Morgan fingerprint density at radius 1 is 1.21 bits per heavy atom. The van der Waals surface area contributed by atoms with Crippen LogP contribution in [-0.2, 0) is 27.4 Å². The number of benzene rings is 1. The fourth-order valence-electron chi connectivity index (χ4n) is 2.69. The van der Waals surface area contributed by atoms with Crippen LogP contribution in [0.2, 0.25) is 0 Å². The zero-order valence-corrected chi connectivity index (χ0v) is 16.3. The Bertz CT molecular complexity index is 1120. The lowest BCUT2D eigenvalue weighted by Crippen LogP contribution is -2.34. The molecule has 2 aromatic heterocycles. The molecular weight excluding hydrogens is 396 g/mol. The molecule has 0 atom stereocenters. The van der Waals surface area contributed by atoms with Crippen molar-refractivity contribution in [3.63, 3.8) is 0 Å². The number of carbonyl (C=O) groups is 3. The summed E-state index contributed by atoms with van der Waals surface area (Å²) in [6.45, 7) is -0.622. The quantitative estimate of drug-likeness (QED) is 0.569. The first-order valence-corrected chi connectivity index (χ1v) is 9.51. The minimum atomic E-state index is -0.831. The highest BCUT2D eigenvalue weighted by Crippen LogP contribution is 2.12. The van der Waals surface area contributed by atoms with Crippen molar-refractivity contribution < 1.29 is 19.1 Å². The molecule has 0 spiro atoms. The van der Waals surface area contributed by atoms with Gasteiger partial charge in [0.05, 0.1) is 5.39 Å². The largest absolute Gasteiger partial charge is 0.454 e. The number of ether oxygens (including phenoxy) is 1. The SMILES string of the molecule is CN(Cc1ccsc1)C(=O)COC(=O)Cn1nc(C(N)=O)c2ccccc2c1=O. The predicted molar refractivity (Wildman–Crippen MR) is 106 cm³/mol. The Hall–Kier alpha value is -3.53. The summed E-state index contributed by atoms with van der Waals surface area (Å²) in [5.41, 5.74) is 5.62. The van der Waals surface area contributed by atoms with Crippen molar-refractivity contribution in [1.82, 2.24) is 14.7 Å². The Morgan fingerprint density at radius 3 is 2.59 bits per heavy atom. The summed E-state index contributed by atoms with van der Waals surface area (Å²) in [5.74, 6) is -2.04. The monoisotopic (exact) mass is 414 g/mol. The van der Waals surface area contributed by atoms with Crippen LogP contribution < -0.4 is 11.3 Å². The number of aromatic nitrogens is 2. The highest BCUT2D eigenvalue weighted by atomic mass is 32.1. The maximum atomic E-state index is 12.5. The second-order valence-electron chi connectivity index (χ2n) is 6.26. The number of hydrogen-bond donors (Lipinski definition) is 1. The van der Waals surface area contributed by atoms with Gasteiger partial charge in [-0.15, -0.1) is 0 Å². The van der Waals surface area contributed by atoms with Crippen molar-refractivity contribution in [3.8, 4) is 0 Å². The average molecular weight is 414 g/mol. The van der Waals surface area contributed by atoms with Crippen LogP contribution in [0.4, 0.5) is 0 Å². The number of nitrogens with two attached hydrogens (primary N) is 1. The van der Waals surface area contributed by atoms with Crippen LogP contribution in [0.3, 0.4) is 0 Å². The molecule has 0 bridgehead atoms. The number of thiophene rings is 1. The molecule has 3 rings (SSSR count). The lowest BCUT2D eigenvalue weighted by Gasteiger charge is -2.16. The second kappa shape index (κ2) is 8.65. The van der Waals surface area contributed by atoms with Gasteiger partial charge in [0.2, 0.25) is 0 Å². The minimum absolute atomic E-state index is 0.125. The maximum Gasteiger partial charge on any atom is 0.328 e. The molecule has 1 aromatic carbocycles. The molecule has 3 aromatic rings. The van der Waals surface area contributed by atoms with E-state index in [4.69, 9.17) is 10.5 Å². The van der Waals surface area contributed by atoms with Gasteiger partial charge in [0.1, 0.15) is 6.54 Å². The van der Waals surface area contributed by atoms with Crippen molar-refractivity contribution in [2.45, 2.75) is 13.1 Å². The first kappa shape index (κ1) is 20.2. The Kier molecular flexibility index (Phi) is 6.03. The number of primary amides is 1. The maximum absolute atomic E-state index is 12.5. The molecule has 0 fully saturated rings. The van der Waals surface area contributed by atoms with Crippen LogP contribution in [0.15, 0.2) is 45.9 Å². The molecule has 0 unspecified atom stereocenters. The van der Waals surface area contributed by atoms with Crippen molar-refractivity contribution in [1.29, 1.82) is 0 Å². The minimum Gasteiger partial charge on any atom is -0.454 e. The molecule has 150 valence electrons. The van der Waals surface area contributed by atoms with Gasteiger partial charge in [-0.05, 0) is 28.5 Å². The number of likely N-dealkylation sites (N-methyl/N-ethyl adjacent to an activating group) is 1. The second-order valence-corrected chi connectivity index (χ2v) is 7.04. The van der Waals surface area contributed by atoms with Crippen LogP contribution in [0.5, 0.6) is 0 Å². The third-order valence-corrected chi connectivity index (χ3v) is 4.89. The summed E-state index contributed by atoms with van der Waals surface area (Å²) in [6.07, 6.45) is 0. The number of carbonyl (C=O) groups excluding carboxylic acids is 3. The summed E-state index contributed by atoms with van der Waals surface area (Å²) >= 11 is 1.52. The van der Waals surface area contributed by atoms with Crippen molar-refractivity contribution >= 4 is 39.9 Å². The fraction of sp³-hybridized carbons (Fsp3) is 0.211. The molecule has 2 amide bonds. The Labute approximate surface area is 169 Å². The van der Waals surface area contributed by atoms with E-state index in [1.165, 1.54) is 22.3 Å². The van der Waals surface area contributed by atoms with Crippen LogP contribution >= 0.6 is 11.3 Å². The van der Waals surface area contributed by atoms with Gasteiger partial charge < -0.3 is 15.4 Å². The van der Waals surface area contributed by atoms with Gasteiger partial charge in [0.15, 0.2) is 12.3 Å². The van der Waals surface area contributed by atoms with Gasteiger partial charge in [0, 0.05) is 19.0 Å². The molecule has 0 radical (unpaired) electrons. The van der Waals surface area contributed by atoms with E-state index in [0.717, 1.165) is 10.2 Å². The van der Waals surface area contributed by atoms with Gasteiger partial charge >= 0.3 is 5.97 Å². The standard InChI is InChI=1S/C19H18N4O5S/c1-22(8-12-6-7-29-11-12)15(24)10-28-16(25)9-23-19(27)14-5-3-2-4-13(14)17(21-23)18(20)26/h2-7,11H,8-10H2,1H3,(H2,20,26). The summed E-state index contributed by atoms with van der Waals surface area (Å²) in [6, 6.07) is 8.23. The normalized spacial score (nSPS) is 10.7. The zero-order chi connectivity index (χ0) is 21.0. The van der Waals surface area contributed by atoms with Crippen LogP contribution in [0, 0.1) is 0 Å². The van der Waals surface area contributed by atoms with Crippen molar-refractivity contribution in [2.24, 2.45) is 5.73 Å². The number of hydrogen-bond acceptors (Lipinski definition) is 7. The Balaban J connectivity index is 1.68. The number of fused-ring (bicyclic) bond motifs is 1. The van der Waals surface area contributed by atoms with Gasteiger partial charge in [0.25, 0.3) is 17.4 Å². The third kappa shape index (κ3) is 4.66. The Morgan fingerprint density at radius 2 is 1.93 bits per heavy atom. The van der Waals surface area contributed by atoms with Gasteiger partial charge in [-0.3, -0.25) is 19.2 Å². The molecular formula is C19H18N4O5S. The number of rotatable bonds is 7. The van der Waals surface area contributed by atoms with Crippen molar-refractivity contribution in [2.75, 3.05) is 13.7 Å². The molecule has 0 saturated carbocycles. The van der Waals surface area contributed by atoms with E-state index in [9.17, 15) is 19.2 Å².